The molecule has 0 unspecified atom stereocenters. The van der Waals surface area contributed by atoms with Crippen molar-refractivity contribution in [2.24, 2.45) is 0 Å². The lowest BCUT2D eigenvalue weighted by molar-refractivity contribution is -0.385. The normalized spacial score (nSPS) is 11.2. The monoisotopic (exact) mass is 278 g/mol. The van der Waals surface area contributed by atoms with E-state index in [1.807, 2.05) is 13.0 Å². The van der Waals surface area contributed by atoms with E-state index in [9.17, 15) is 20.0 Å². The number of rotatable bonds is 6. The van der Waals surface area contributed by atoms with E-state index in [1.165, 1.54) is 6.07 Å². The van der Waals surface area contributed by atoms with Crippen molar-refractivity contribution < 1.29 is 14.8 Å². The van der Waals surface area contributed by atoms with E-state index in [-0.39, 0.29) is 5.56 Å². The molecule has 0 bridgehead atoms. The van der Waals surface area contributed by atoms with Crippen LogP contribution in [0.3, 0.4) is 0 Å². The maximum atomic E-state index is 11.9. The molecule has 108 valence electrons. The van der Waals surface area contributed by atoms with Crippen LogP contribution < -0.4 is 5.32 Å². The fourth-order valence-corrected chi connectivity index (χ4v) is 1.76. The van der Waals surface area contributed by atoms with Crippen LogP contribution in [0.1, 0.15) is 37.0 Å². The second-order valence-corrected chi connectivity index (χ2v) is 4.34. The SMILES string of the molecule is C/C=C(\CCC)CNC(=O)c1ccc(O)c([N+](=O)[O-])c1. The molecule has 0 fully saturated rings. The van der Waals surface area contributed by atoms with Crippen LogP contribution in [0, 0.1) is 10.1 Å². The average molecular weight is 278 g/mol. The first-order valence-corrected chi connectivity index (χ1v) is 6.39. The Balaban J connectivity index is 2.78. The predicted octanol–water partition coefficient (Wildman–Crippen LogP) is 2.78. The van der Waals surface area contributed by atoms with Crippen molar-refractivity contribution in [2.45, 2.75) is 26.7 Å². The Kier molecular flexibility index (Phi) is 5.71. The van der Waals surface area contributed by atoms with Gasteiger partial charge in [0.2, 0.25) is 0 Å². The van der Waals surface area contributed by atoms with Crippen LogP contribution in [0.25, 0.3) is 0 Å². The minimum absolute atomic E-state index is 0.154. The first-order valence-electron chi connectivity index (χ1n) is 6.39. The molecule has 0 aromatic heterocycles. The number of nitrogens with zero attached hydrogens (tertiary/aromatic N) is 1. The molecule has 1 aromatic carbocycles. The van der Waals surface area contributed by atoms with E-state index in [0.29, 0.717) is 6.54 Å². The van der Waals surface area contributed by atoms with Crippen molar-refractivity contribution in [1.29, 1.82) is 0 Å². The van der Waals surface area contributed by atoms with E-state index in [2.05, 4.69) is 12.2 Å². The van der Waals surface area contributed by atoms with E-state index in [4.69, 9.17) is 0 Å². The molecule has 0 saturated heterocycles. The molecule has 0 saturated carbocycles. The summed E-state index contributed by atoms with van der Waals surface area (Å²) < 4.78 is 0. The summed E-state index contributed by atoms with van der Waals surface area (Å²) in [7, 11) is 0. The van der Waals surface area contributed by atoms with Gasteiger partial charge >= 0.3 is 5.69 Å². The van der Waals surface area contributed by atoms with Crippen molar-refractivity contribution in [3.63, 3.8) is 0 Å². The number of nitrogens with one attached hydrogen (secondary N) is 1. The van der Waals surface area contributed by atoms with Gasteiger partial charge in [-0.3, -0.25) is 14.9 Å². The zero-order valence-corrected chi connectivity index (χ0v) is 11.5. The molecule has 6 heteroatoms. The molecule has 0 aliphatic carbocycles. The molecule has 0 spiro atoms. The fraction of sp³-hybridized carbons (Fsp3) is 0.357. The lowest BCUT2D eigenvalue weighted by Crippen LogP contribution is -2.25. The first kappa shape index (κ1) is 15.7. The third-order valence-electron chi connectivity index (χ3n) is 2.89. The molecule has 0 aliphatic heterocycles. The Labute approximate surface area is 117 Å². The van der Waals surface area contributed by atoms with Gasteiger partial charge in [-0.05, 0) is 25.5 Å². The number of benzene rings is 1. The number of carbonyl (C=O) groups excluding carboxylic acids is 1. The third kappa shape index (κ3) is 4.08. The lowest BCUT2D eigenvalue weighted by atomic mass is 10.1. The molecule has 1 aromatic rings. The van der Waals surface area contributed by atoms with Crippen LogP contribution in [-0.4, -0.2) is 22.5 Å². The molecular formula is C14H18N2O4. The van der Waals surface area contributed by atoms with Gasteiger partial charge in [0.25, 0.3) is 5.91 Å². The van der Waals surface area contributed by atoms with Crippen LogP contribution in [0.5, 0.6) is 5.75 Å². The summed E-state index contributed by atoms with van der Waals surface area (Å²) >= 11 is 0. The van der Waals surface area contributed by atoms with Gasteiger partial charge in [-0.25, -0.2) is 0 Å². The number of aromatic hydroxyl groups is 1. The maximum absolute atomic E-state index is 11.9. The van der Waals surface area contributed by atoms with Crippen LogP contribution >= 0.6 is 0 Å². The van der Waals surface area contributed by atoms with Gasteiger partial charge in [0.05, 0.1) is 4.92 Å². The number of nitro groups is 1. The number of phenolic OH excluding ortho intramolecular Hbond substituents is 1. The highest BCUT2D eigenvalue weighted by atomic mass is 16.6. The van der Waals surface area contributed by atoms with Crippen molar-refractivity contribution in [3.05, 3.63) is 45.5 Å². The molecule has 20 heavy (non-hydrogen) atoms. The average Bonchev–Trinajstić information content (AvgIpc) is 2.43. The highest BCUT2D eigenvalue weighted by Crippen LogP contribution is 2.26. The first-order chi connectivity index (χ1) is 9.49. The standard InChI is InChI=1S/C14H18N2O4/c1-3-5-10(4-2)9-15-14(18)11-6-7-13(17)12(8-11)16(19)20/h4,6-8,17H,3,5,9H2,1-2H3,(H,15,18)/b10-4+. The zero-order chi connectivity index (χ0) is 15.1. The van der Waals surface area contributed by atoms with Gasteiger partial charge in [0.15, 0.2) is 5.75 Å². The van der Waals surface area contributed by atoms with Gasteiger partial charge in [0, 0.05) is 18.2 Å². The maximum Gasteiger partial charge on any atom is 0.311 e. The highest BCUT2D eigenvalue weighted by molar-refractivity contribution is 5.95. The third-order valence-corrected chi connectivity index (χ3v) is 2.89. The molecule has 1 rings (SSSR count). The van der Waals surface area contributed by atoms with Crippen LogP contribution in [-0.2, 0) is 0 Å². The molecule has 6 nitrogen and oxygen atoms in total. The Hall–Kier alpha value is -2.37. The molecule has 0 radical (unpaired) electrons. The van der Waals surface area contributed by atoms with E-state index < -0.39 is 22.3 Å². The molecular weight excluding hydrogens is 260 g/mol. The van der Waals surface area contributed by atoms with E-state index in [1.54, 1.807) is 0 Å². The number of phenols is 1. The highest BCUT2D eigenvalue weighted by Gasteiger charge is 2.16. The number of allylic oxidation sites excluding steroid dienone is 1. The summed E-state index contributed by atoms with van der Waals surface area (Å²) in [6.45, 7) is 4.37. The molecule has 1 amide bonds. The smallest absolute Gasteiger partial charge is 0.311 e. The summed E-state index contributed by atoms with van der Waals surface area (Å²) in [6, 6.07) is 3.57. The Morgan fingerprint density at radius 3 is 2.75 bits per heavy atom. The second kappa shape index (κ2) is 7.28. The van der Waals surface area contributed by atoms with Crippen molar-refractivity contribution in [2.75, 3.05) is 6.54 Å². The van der Waals surface area contributed by atoms with Crippen LogP contribution in [0.2, 0.25) is 0 Å². The van der Waals surface area contributed by atoms with E-state index >= 15 is 0 Å². The minimum Gasteiger partial charge on any atom is -0.502 e. The van der Waals surface area contributed by atoms with Crippen molar-refractivity contribution in [1.82, 2.24) is 5.32 Å². The van der Waals surface area contributed by atoms with Crippen molar-refractivity contribution in [3.8, 4) is 5.75 Å². The second-order valence-electron chi connectivity index (χ2n) is 4.34. The number of amides is 1. The number of nitro benzene ring substituents is 1. The van der Waals surface area contributed by atoms with Crippen molar-refractivity contribution >= 4 is 11.6 Å². The summed E-state index contributed by atoms with van der Waals surface area (Å²) in [5, 5.41) is 22.7. The number of carbonyl (C=O) groups is 1. The van der Waals surface area contributed by atoms with Gasteiger partial charge in [-0.2, -0.15) is 0 Å². The van der Waals surface area contributed by atoms with Gasteiger partial charge in [0.1, 0.15) is 0 Å². The minimum atomic E-state index is -0.722. The van der Waals surface area contributed by atoms with Gasteiger partial charge in [-0.1, -0.05) is 25.0 Å². The quantitative estimate of drug-likeness (QED) is 0.475. The summed E-state index contributed by atoms with van der Waals surface area (Å²) in [4.78, 5) is 21.9. The Morgan fingerprint density at radius 2 is 2.20 bits per heavy atom. The van der Waals surface area contributed by atoms with Crippen LogP contribution in [0.4, 0.5) is 5.69 Å². The molecule has 0 heterocycles. The number of hydrogen-bond acceptors (Lipinski definition) is 4. The van der Waals surface area contributed by atoms with Gasteiger partial charge in [-0.15, -0.1) is 0 Å². The Morgan fingerprint density at radius 1 is 1.50 bits per heavy atom. The summed E-state index contributed by atoms with van der Waals surface area (Å²) in [5.41, 5.74) is 0.785. The Bertz CT molecular complexity index is 538. The summed E-state index contributed by atoms with van der Waals surface area (Å²) in [6.07, 6.45) is 3.83. The lowest BCUT2D eigenvalue weighted by Gasteiger charge is -2.08. The predicted molar refractivity (Wildman–Crippen MR) is 75.8 cm³/mol. The fourth-order valence-electron chi connectivity index (χ4n) is 1.76. The van der Waals surface area contributed by atoms with E-state index in [0.717, 1.165) is 30.5 Å². The molecule has 0 aliphatic rings. The molecule has 0 atom stereocenters. The number of hydrogen-bond donors (Lipinski definition) is 2. The van der Waals surface area contributed by atoms with Crippen LogP contribution in [0.15, 0.2) is 29.8 Å². The summed E-state index contributed by atoms with van der Waals surface area (Å²) in [5.74, 6) is -0.852. The van der Waals surface area contributed by atoms with Gasteiger partial charge < -0.3 is 10.4 Å². The topological polar surface area (TPSA) is 92.5 Å². The largest absolute Gasteiger partial charge is 0.502 e. The molecule has 2 N–H and O–H groups in total. The zero-order valence-electron chi connectivity index (χ0n) is 11.5.